The summed E-state index contributed by atoms with van der Waals surface area (Å²) in [4.78, 5) is 28.0. The van der Waals surface area contributed by atoms with Gasteiger partial charge in [-0.25, -0.2) is 13.6 Å². The fourth-order valence-electron chi connectivity index (χ4n) is 6.50. The molecule has 1 aromatic rings. The van der Waals surface area contributed by atoms with Gasteiger partial charge in [-0.2, -0.15) is 0 Å². The SMILES string of the molecule is CC(C)OC(=O)N1CCC2(CC1)CC2CCCOc1cc(F)c(CC(=O)N2CC(CNCC(O)C(O)C(O)C(O)CO)C2)c(F)c1. The molecule has 1 aliphatic carbocycles. The van der Waals surface area contributed by atoms with Crippen LogP contribution in [-0.2, 0) is 16.0 Å². The monoisotopic (exact) mass is 657 g/mol. The quantitative estimate of drug-likeness (QED) is 0.140. The van der Waals surface area contributed by atoms with Crippen LogP contribution in [0.4, 0.5) is 13.6 Å². The van der Waals surface area contributed by atoms with Crippen LogP contribution in [0.5, 0.6) is 5.75 Å². The van der Waals surface area contributed by atoms with E-state index in [9.17, 15) is 38.8 Å². The minimum Gasteiger partial charge on any atom is -0.493 e. The zero-order valence-electron chi connectivity index (χ0n) is 26.6. The number of hydrogen-bond acceptors (Lipinski definition) is 10. The van der Waals surface area contributed by atoms with E-state index in [-0.39, 0.29) is 41.4 Å². The standard InChI is InChI=1S/C32H49F2N3O9/c1-19(2)46-31(44)36-7-5-32(6-8-36)13-21(32)4-3-9-45-22-10-24(33)23(25(34)11-22)12-28(41)37-16-20(17-37)14-35-15-26(39)29(42)30(43)27(40)18-38/h10-11,19-21,26-27,29-30,35,38-40,42-43H,3-9,12-18H2,1-2H3. The summed E-state index contributed by atoms with van der Waals surface area (Å²) in [6, 6.07) is 2.21. The molecular formula is C32H49F2N3O9. The molecule has 0 aromatic heterocycles. The molecule has 3 aliphatic rings. The summed E-state index contributed by atoms with van der Waals surface area (Å²) < 4.78 is 40.5. The predicted octanol–water partition coefficient (Wildman–Crippen LogP) is 0.797. The van der Waals surface area contributed by atoms with Gasteiger partial charge < -0.3 is 50.1 Å². The Balaban J connectivity index is 1.11. The van der Waals surface area contributed by atoms with E-state index in [0.29, 0.717) is 45.2 Å². The molecule has 14 heteroatoms. The highest BCUT2D eigenvalue weighted by atomic mass is 19.1. The number of rotatable bonds is 16. The predicted molar refractivity (Wildman–Crippen MR) is 162 cm³/mol. The summed E-state index contributed by atoms with van der Waals surface area (Å²) in [7, 11) is 0. The molecule has 5 unspecified atom stereocenters. The summed E-state index contributed by atoms with van der Waals surface area (Å²) in [5.41, 5.74) is -0.0419. The molecule has 1 spiro atoms. The summed E-state index contributed by atoms with van der Waals surface area (Å²) in [5.74, 6) is -1.43. The van der Waals surface area contributed by atoms with Gasteiger partial charge in [-0.15, -0.1) is 0 Å². The highest BCUT2D eigenvalue weighted by Crippen LogP contribution is 2.61. The maximum atomic E-state index is 14.8. The minimum absolute atomic E-state index is 0.0264. The number of carbonyl (C=O) groups excluding carboxylic acids is 2. The Morgan fingerprint density at radius 3 is 2.26 bits per heavy atom. The molecule has 3 fully saturated rings. The van der Waals surface area contributed by atoms with Crippen molar-refractivity contribution in [2.24, 2.45) is 17.3 Å². The Morgan fingerprint density at radius 1 is 1.02 bits per heavy atom. The average molecular weight is 658 g/mol. The number of hydrogen-bond donors (Lipinski definition) is 6. The van der Waals surface area contributed by atoms with E-state index in [1.165, 1.54) is 4.90 Å². The lowest BCUT2D eigenvalue weighted by Gasteiger charge is -2.39. The number of carbonyl (C=O) groups is 2. The van der Waals surface area contributed by atoms with Crippen LogP contribution in [0.3, 0.4) is 0 Å². The van der Waals surface area contributed by atoms with Gasteiger partial charge >= 0.3 is 6.09 Å². The molecule has 2 aliphatic heterocycles. The maximum Gasteiger partial charge on any atom is 0.410 e. The molecule has 2 amide bonds. The molecule has 1 aromatic carbocycles. The largest absolute Gasteiger partial charge is 0.493 e. The lowest BCUT2D eigenvalue weighted by Crippen LogP contribution is -2.55. The fraction of sp³-hybridized carbons (Fsp3) is 0.750. The molecule has 12 nitrogen and oxygen atoms in total. The number of aliphatic hydroxyl groups is 5. The minimum atomic E-state index is -1.71. The van der Waals surface area contributed by atoms with Crippen molar-refractivity contribution in [3.63, 3.8) is 0 Å². The van der Waals surface area contributed by atoms with E-state index in [4.69, 9.17) is 14.6 Å². The second kappa shape index (κ2) is 16.0. The van der Waals surface area contributed by atoms with Crippen LogP contribution in [0.2, 0.25) is 0 Å². The third kappa shape index (κ3) is 9.26. The van der Waals surface area contributed by atoms with E-state index >= 15 is 0 Å². The summed E-state index contributed by atoms with van der Waals surface area (Å²) in [5, 5.41) is 50.6. The first-order chi connectivity index (χ1) is 21.8. The zero-order chi connectivity index (χ0) is 33.6. The number of nitrogens with one attached hydrogen (secondary N) is 1. The Bertz CT molecular complexity index is 1150. The molecule has 0 bridgehead atoms. The molecule has 1 saturated carbocycles. The number of piperidine rings is 1. The number of halogens is 2. The topological polar surface area (TPSA) is 172 Å². The van der Waals surface area contributed by atoms with Gasteiger partial charge in [0.25, 0.3) is 0 Å². The Morgan fingerprint density at radius 2 is 1.65 bits per heavy atom. The van der Waals surface area contributed by atoms with Crippen LogP contribution in [0.25, 0.3) is 0 Å². The summed E-state index contributed by atoms with van der Waals surface area (Å²) in [6.07, 6.45) is -2.44. The maximum absolute atomic E-state index is 14.8. The first-order valence-electron chi connectivity index (χ1n) is 16.2. The van der Waals surface area contributed by atoms with Crippen LogP contribution in [0.1, 0.15) is 51.5 Å². The number of likely N-dealkylation sites (tertiary alicyclic amines) is 2. The van der Waals surface area contributed by atoms with Crippen molar-refractivity contribution in [1.82, 2.24) is 15.1 Å². The molecule has 6 N–H and O–H groups in total. The third-order valence-corrected chi connectivity index (χ3v) is 9.54. The fourth-order valence-corrected chi connectivity index (χ4v) is 6.50. The lowest BCUT2D eigenvalue weighted by molar-refractivity contribution is -0.136. The van der Waals surface area contributed by atoms with E-state index in [2.05, 4.69) is 5.32 Å². The first kappa shape index (κ1) is 36.2. The molecule has 46 heavy (non-hydrogen) atoms. The van der Waals surface area contributed by atoms with Crippen molar-refractivity contribution < 1.29 is 53.4 Å². The smallest absolute Gasteiger partial charge is 0.410 e. The molecule has 2 saturated heterocycles. The molecule has 2 heterocycles. The molecule has 4 rings (SSSR count). The number of aliphatic hydroxyl groups excluding tert-OH is 5. The Kier molecular flexibility index (Phi) is 12.6. The number of ether oxygens (including phenoxy) is 2. The first-order valence-corrected chi connectivity index (χ1v) is 16.2. The van der Waals surface area contributed by atoms with Crippen LogP contribution in [0, 0.1) is 28.9 Å². The van der Waals surface area contributed by atoms with Crippen molar-refractivity contribution in [2.75, 3.05) is 52.5 Å². The van der Waals surface area contributed by atoms with Crippen molar-refractivity contribution in [3.8, 4) is 5.75 Å². The molecule has 0 radical (unpaired) electrons. The highest BCUT2D eigenvalue weighted by molar-refractivity contribution is 5.79. The van der Waals surface area contributed by atoms with Crippen LogP contribution in [0.15, 0.2) is 12.1 Å². The van der Waals surface area contributed by atoms with Crippen molar-refractivity contribution in [3.05, 3.63) is 29.3 Å². The Hall–Kier alpha value is -2.62. The van der Waals surface area contributed by atoms with Crippen molar-refractivity contribution in [1.29, 1.82) is 0 Å². The average Bonchev–Trinajstić information content (AvgIpc) is 3.67. The molecule has 260 valence electrons. The van der Waals surface area contributed by atoms with Gasteiger partial charge in [0.2, 0.25) is 5.91 Å². The third-order valence-electron chi connectivity index (χ3n) is 9.54. The van der Waals surface area contributed by atoms with Crippen molar-refractivity contribution >= 4 is 12.0 Å². The summed E-state index contributed by atoms with van der Waals surface area (Å²) in [6.45, 7) is 5.63. The van der Waals surface area contributed by atoms with Gasteiger partial charge in [0.05, 0.1) is 31.8 Å². The number of nitrogens with zero attached hydrogens (tertiary/aromatic N) is 2. The van der Waals surface area contributed by atoms with Gasteiger partial charge in [0.1, 0.15) is 35.7 Å². The lowest BCUT2D eigenvalue weighted by atomic mass is 9.90. The van der Waals surface area contributed by atoms with Gasteiger partial charge in [-0.1, -0.05) is 0 Å². The van der Waals surface area contributed by atoms with Crippen LogP contribution >= 0.6 is 0 Å². The van der Waals surface area contributed by atoms with Gasteiger partial charge in [-0.3, -0.25) is 4.79 Å². The molecular weight excluding hydrogens is 608 g/mol. The van der Waals surface area contributed by atoms with Gasteiger partial charge in [-0.05, 0) is 57.3 Å². The van der Waals surface area contributed by atoms with Crippen LogP contribution < -0.4 is 10.1 Å². The number of amides is 2. The Labute approximate surface area is 268 Å². The van der Waals surface area contributed by atoms with Crippen molar-refractivity contribution in [2.45, 2.75) is 82.9 Å². The van der Waals surface area contributed by atoms with E-state index in [1.807, 2.05) is 13.8 Å². The molecule has 5 atom stereocenters. The van der Waals surface area contributed by atoms with Gasteiger partial charge in [0.15, 0.2) is 0 Å². The zero-order valence-corrected chi connectivity index (χ0v) is 26.6. The second-order valence-corrected chi connectivity index (χ2v) is 13.3. The second-order valence-electron chi connectivity index (χ2n) is 13.3. The van der Waals surface area contributed by atoms with Gasteiger partial charge in [0, 0.05) is 62.9 Å². The van der Waals surface area contributed by atoms with E-state index in [1.54, 1.807) is 4.90 Å². The van der Waals surface area contributed by atoms with E-state index < -0.39 is 55.0 Å². The summed E-state index contributed by atoms with van der Waals surface area (Å²) >= 11 is 0. The number of benzene rings is 1. The highest BCUT2D eigenvalue weighted by Gasteiger charge is 2.54. The normalized spacial score (nSPS) is 21.9. The van der Waals surface area contributed by atoms with Crippen LogP contribution in [-0.4, -0.2) is 130 Å². The van der Waals surface area contributed by atoms with E-state index in [0.717, 1.165) is 44.2 Å².